The lowest BCUT2D eigenvalue weighted by molar-refractivity contribution is 0.0242. The summed E-state index contributed by atoms with van der Waals surface area (Å²) in [6.07, 6.45) is 1.54. The molecule has 5 nitrogen and oxygen atoms in total. The van der Waals surface area contributed by atoms with Crippen molar-refractivity contribution >= 4 is 11.8 Å². The van der Waals surface area contributed by atoms with Crippen LogP contribution in [0.1, 0.15) is 45.7 Å². The molecule has 25 heavy (non-hydrogen) atoms. The van der Waals surface area contributed by atoms with Crippen LogP contribution in [0.25, 0.3) is 0 Å². The number of hydrogen-bond donors (Lipinski definition) is 0. The van der Waals surface area contributed by atoms with Gasteiger partial charge in [0.05, 0.1) is 18.8 Å². The van der Waals surface area contributed by atoms with Crippen molar-refractivity contribution in [2.45, 2.75) is 65.5 Å². The number of hydrogen-bond acceptors (Lipinski definition) is 4. The zero-order chi connectivity index (χ0) is 16.7. The van der Waals surface area contributed by atoms with Gasteiger partial charge in [-0.15, -0.1) is 0 Å². The number of nitrogens with zero attached hydrogens (tertiary/aromatic N) is 2. The highest BCUT2D eigenvalue weighted by Crippen LogP contribution is 2.64. The van der Waals surface area contributed by atoms with Gasteiger partial charge in [0.25, 0.3) is 0 Å². The zero-order valence-electron chi connectivity index (χ0n) is 14.5. The van der Waals surface area contributed by atoms with Gasteiger partial charge in [-0.1, -0.05) is 13.5 Å². The lowest BCUT2D eigenvalue weighted by Crippen LogP contribution is -2.58. The lowest BCUT2D eigenvalue weighted by atomic mass is 9.85. The topological polar surface area (TPSA) is 42.0 Å². The molecule has 1 spiro atoms. The molecule has 3 fully saturated rings. The standard InChI is InChI=1S/C19H24N2O3.CH4/c1-18(2,3)24-17(22)20-8-12-4-5-14(6-13(12)9-20)21-11-19-7-16(19)23-10-15(19)21;/h4-6,15-16H,7-11H2,1-3H3;1H4/t15-,16+,19?;/m1./s1. The number of carbonyl (C=O) groups is 1. The van der Waals surface area contributed by atoms with Crippen LogP contribution >= 0.6 is 0 Å². The van der Waals surface area contributed by atoms with Crippen molar-refractivity contribution in [3.8, 4) is 0 Å². The van der Waals surface area contributed by atoms with Crippen LogP contribution in [0.4, 0.5) is 10.5 Å². The summed E-state index contributed by atoms with van der Waals surface area (Å²) in [7, 11) is 0. The molecule has 1 aliphatic carbocycles. The largest absolute Gasteiger partial charge is 0.444 e. The first-order valence-corrected chi connectivity index (χ1v) is 8.84. The molecule has 3 heterocycles. The fourth-order valence-electron chi connectivity index (χ4n) is 4.51. The molecule has 1 aromatic carbocycles. The molecule has 3 atom stereocenters. The van der Waals surface area contributed by atoms with Gasteiger partial charge in [0.1, 0.15) is 5.60 Å². The third-order valence-electron chi connectivity index (χ3n) is 5.90. The van der Waals surface area contributed by atoms with E-state index in [1.807, 2.05) is 20.8 Å². The Bertz CT molecular complexity index is 724. The van der Waals surface area contributed by atoms with Crippen molar-refractivity contribution in [2.75, 3.05) is 18.1 Å². The van der Waals surface area contributed by atoms with E-state index in [2.05, 4.69) is 23.1 Å². The van der Waals surface area contributed by atoms with Crippen molar-refractivity contribution in [3.05, 3.63) is 29.3 Å². The molecule has 1 aromatic rings. The van der Waals surface area contributed by atoms with Crippen LogP contribution in [-0.4, -0.2) is 41.9 Å². The van der Waals surface area contributed by atoms with E-state index in [1.54, 1.807) is 4.90 Å². The summed E-state index contributed by atoms with van der Waals surface area (Å²) < 4.78 is 11.3. The summed E-state index contributed by atoms with van der Waals surface area (Å²) >= 11 is 0. The number of amides is 1. The molecule has 5 rings (SSSR count). The van der Waals surface area contributed by atoms with Gasteiger partial charge >= 0.3 is 6.09 Å². The van der Waals surface area contributed by atoms with Crippen molar-refractivity contribution in [1.29, 1.82) is 0 Å². The van der Waals surface area contributed by atoms with E-state index >= 15 is 0 Å². The van der Waals surface area contributed by atoms with Crippen molar-refractivity contribution in [1.82, 2.24) is 4.90 Å². The second kappa shape index (κ2) is 5.13. The van der Waals surface area contributed by atoms with Gasteiger partial charge in [-0.25, -0.2) is 4.79 Å². The van der Waals surface area contributed by atoms with Crippen LogP contribution in [-0.2, 0) is 22.6 Å². The summed E-state index contributed by atoms with van der Waals surface area (Å²) in [5.41, 5.74) is 3.76. The molecule has 136 valence electrons. The third kappa shape index (κ3) is 2.43. The highest BCUT2D eigenvalue weighted by molar-refractivity contribution is 5.70. The van der Waals surface area contributed by atoms with E-state index in [-0.39, 0.29) is 13.5 Å². The number of carbonyl (C=O) groups excluding carboxylic acids is 1. The highest BCUT2D eigenvalue weighted by atomic mass is 16.6. The zero-order valence-corrected chi connectivity index (χ0v) is 14.5. The average Bonchev–Trinajstić information content (AvgIpc) is 2.94. The average molecular weight is 344 g/mol. The van der Waals surface area contributed by atoms with E-state index in [9.17, 15) is 4.79 Å². The summed E-state index contributed by atoms with van der Waals surface area (Å²) in [5, 5.41) is 0. The predicted molar refractivity (Wildman–Crippen MR) is 96.6 cm³/mol. The molecule has 2 saturated heterocycles. The Hall–Kier alpha value is -1.75. The maximum atomic E-state index is 12.3. The molecule has 0 N–H and O–H groups in total. The second-order valence-electron chi connectivity index (χ2n) is 8.69. The molecule has 0 aromatic heterocycles. The minimum absolute atomic E-state index is 0. The first-order chi connectivity index (χ1) is 11.4. The molecular formula is C20H28N2O3. The van der Waals surface area contributed by atoms with Crippen LogP contribution in [0.3, 0.4) is 0 Å². The molecule has 1 unspecified atom stereocenters. The quantitative estimate of drug-likeness (QED) is 0.781. The normalized spacial score (nSPS) is 31.5. The van der Waals surface area contributed by atoms with Gasteiger partial charge in [0.15, 0.2) is 0 Å². The molecule has 1 amide bonds. The molecule has 1 saturated carbocycles. The van der Waals surface area contributed by atoms with E-state index in [0.29, 0.717) is 30.7 Å². The Morgan fingerprint density at radius 2 is 2.04 bits per heavy atom. The van der Waals surface area contributed by atoms with Crippen LogP contribution in [0.15, 0.2) is 18.2 Å². The summed E-state index contributed by atoms with van der Waals surface area (Å²) in [6.45, 7) is 8.98. The molecule has 3 aliphatic heterocycles. The number of ether oxygens (including phenoxy) is 2. The van der Waals surface area contributed by atoms with E-state index in [4.69, 9.17) is 9.47 Å². The maximum absolute atomic E-state index is 12.3. The highest BCUT2D eigenvalue weighted by Gasteiger charge is 2.72. The van der Waals surface area contributed by atoms with E-state index in [1.165, 1.54) is 23.2 Å². The second-order valence-corrected chi connectivity index (χ2v) is 8.69. The SMILES string of the molecule is C.CC(C)(C)OC(=O)N1Cc2ccc(N3CC45C[C@@H]4OC[C@@H]35)cc2C1. The Labute approximate surface area is 149 Å². The Morgan fingerprint density at radius 3 is 2.72 bits per heavy atom. The smallest absolute Gasteiger partial charge is 0.410 e. The Kier molecular flexibility index (Phi) is 3.43. The molecule has 0 radical (unpaired) electrons. The summed E-state index contributed by atoms with van der Waals surface area (Å²) in [6, 6.07) is 7.17. The van der Waals surface area contributed by atoms with Crippen LogP contribution in [0, 0.1) is 5.41 Å². The van der Waals surface area contributed by atoms with E-state index < -0.39 is 5.60 Å². The molecule has 5 heteroatoms. The minimum atomic E-state index is -0.452. The van der Waals surface area contributed by atoms with Crippen LogP contribution in [0.5, 0.6) is 0 Å². The monoisotopic (exact) mass is 344 g/mol. The number of rotatable bonds is 1. The van der Waals surface area contributed by atoms with Gasteiger partial charge in [0, 0.05) is 30.7 Å². The number of benzene rings is 1. The first kappa shape index (κ1) is 16.7. The Balaban J connectivity index is 0.00000157. The lowest BCUT2D eigenvalue weighted by Gasteiger charge is -2.47. The fraction of sp³-hybridized carbons (Fsp3) is 0.650. The first-order valence-electron chi connectivity index (χ1n) is 8.84. The Morgan fingerprint density at radius 1 is 1.28 bits per heavy atom. The predicted octanol–water partition coefficient (Wildman–Crippen LogP) is 3.55. The fourth-order valence-corrected chi connectivity index (χ4v) is 4.51. The van der Waals surface area contributed by atoms with Gasteiger partial charge in [-0.2, -0.15) is 0 Å². The van der Waals surface area contributed by atoms with Gasteiger partial charge in [-0.3, -0.25) is 4.90 Å². The van der Waals surface area contributed by atoms with Crippen LogP contribution < -0.4 is 4.90 Å². The van der Waals surface area contributed by atoms with Gasteiger partial charge in [0.2, 0.25) is 0 Å². The molecule has 0 bridgehead atoms. The summed E-state index contributed by atoms with van der Waals surface area (Å²) in [4.78, 5) is 16.5. The van der Waals surface area contributed by atoms with Crippen molar-refractivity contribution in [2.24, 2.45) is 5.41 Å². The maximum Gasteiger partial charge on any atom is 0.410 e. The summed E-state index contributed by atoms with van der Waals surface area (Å²) in [5.74, 6) is 0. The number of anilines is 1. The van der Waals surface area contributed by atoms with Gasteiger partial charge in [-0.05, 0) is 50.5 Å². The third-order valence-corrected chi connectivity index (χ3v) is 5.90. The van der Waals surface area contributed by atoms with E-state index in [0.717, 1.165) is 13.2 Å². The molecule has 4 aliphatic rings. The van der Waals surface area contributed by atoms with Gasteiger partial charge < -0.3 is 14.4 Å². The van der Waals surface area contributed by atoms with Crippen molar-refractivity contribution in [3.63, 3.8) is 0 Å². The molecular weight excluding hydrogens is 316 g/mol. The van der Waals surface area contributed by atoms with Crippen LogP contribution in [0.2, 0.25) is 0 Å². The minimum Gasteiger partial charge on any atom is -0.444 e. The number of fused-ring (bicyclic) bond motifs is 1. The van der Waals surface area contributed by atoms with Crippen molar-refractivity contribution < 1.29 is 14.3 Å².